The number of allylic oxidation sites excluding steroid dienone is 1. The summed E-state index contributed by atoms with van der Waals surface area (Å²) in [6.07, 6.45) is 3.86. The maximum Gasteiger partial charge on any atom is 0.236 e. The number of benzene rings is 1. The number of amides is 1. The molecule has 10 nitrogen and oxygen atoms in total. The second-order valence-electron chi connectivity index (χ2n) is 9.65. The molecule has 2 atom stereocenters. The number of hydrogen-bond donors (Lipinski definition) is 1. The molecule has 1 spiro atoms. The molecule has 1 fully saturated rings. The summed E-state index contributed by atoms with van der Waals surface area (Å²) in [6, 6.07) is 1.53. The monoisotopic (exact) mass is 560 g/mol. The first kappa shape index (κ1) is 26.5. The highest BCUT2D eigenvalue weighted by molar-refractivity contribution is 7.15. The van der Waals surface area contributed by atoms with Crippen LogP contribution in [0.15, 0.2) is 24.0 Å². The third-order valence-electron chi connectivity index (χ3n) is 7.29. The smallest absolute Gasteiger partial charge is 0.236 e. The van der Waals surface area contributed by atoms with Crippen molar-refractivity contribution in [3.63, 3.8) is 0 Å². The molecule has 1 aromatic heterocycles. The van der Waals surface area contributed by atoms with Crippen molar-refractivity contribution >= 4 is 45.5 Å². The van der Waals surface area contributed by atoms with Gasteiger partial charge in [0.1, 0.15) is 22.1 Å². The van der Waals surface area contributed by atoms with Crippen LogP contribution in [0.4, 0.5) is 5.13 Å². The molecule has 3 heterocycles. The van der Waals surface area contributed by atoms with E-state index in [-0.39, 0.29) is 33.8 Å². The van der Waals surface area contributed by atoms with Crippen molar-refractivity contribution in [3.05, 3.63) is 39.5 Å². The Labute approximate surface area is 229 Å². The van der Waals surface area contributed by atoms with Gasteiger partial charge in [-0.1, -0.05) is 18.5 Å². The van der Waals surface area contributed by atoms with Crippen LogP contribution in [-0.2, 0) is 16.1 Å². The van der Waals surface area contributed by atoms with E-state index in [1.807, 2.05) is 6.92 Å². The predicted octanol–water partition coefficient (Wildman–Crippen LogP) is 3.40. The number of carbonyl (C=O) groups is 3. The SMILES string of the molecule is COc1cc(OC)c2c(c1Cl)OC1(C(=O)C=C(N3CCN(Cc4cnc(NC(C)=O)s4)CC3)CC1C)C2=O. The molecule has 5 rings (SSSR count). The van der Waals surface area contributed by atoms with Crippen molar-refractivity contribution in [1.82, 2.24) is 14.8 Å². The Balaban J connectivity index is 1.29. The Kier molecular flexibility index (Phi) is 7.10. The van der Waals surface area contributed by atoms with E-state index in [4.69, 9.17) is 25.8 Å². The third-order valence-corrected chi connectivity index (χ3v) is 8.54. The second-order valence-corrected chi connectivity index (χ2v) is 11.1. The number of anilines is 1. The number of ether oxygens (including phenoxy) is 3. The van der Waals surface area contributed by atoms with Crippen LogP contribution in [0.2, 0.25) is 5.02 Å². The fourth-order valence-corrected chi connectivity index (χ4v) is 6.49. The first-order chi connectivity index (χ1) is 18.2. The number of methoxy groups -OCH3 is 2. The number of hydrogen-bond acceptors (Lipinski definition) is 10. The molecule has 0 bridgehead atoms. The zero-order valence-corrected chi connectivity index (χ0v) is 23.2. The number of carbonyl (C=O) groups excluding carboxylic acids is 3. The summed E-state index contributed by atoms with van der Waals surface area (Å²) in [5, 5.41) is 3.46. The minimum absolute atomic E-state index is 0.128. The number of halogens is 1. The Morgan fingerprint density at radius 1 is 1.24 bits per heavy atom. The fraction of sp³-hybridized carbons (Fsp3) is 0.462. The number of ketones is 2. The van der Waals surface area contributed by atoms with Crippen LogP contribution in [0.5, 0.6) is 17.2 Å². The molecule has 1 N–H and O–H groups in total. The van der Waals surface area contributed by atoms with Crippen molar-refractivity contribution in [2.45, 2.75) is 32.4 Å². The van der Waals surface area contributed by atoms with E-state index < -0.39 is 17.3 Å². The van der Waals surface area contributed by atoms with Crippen molar-refractivity contribution in [2.24, 2.45) is 5.92 Å². The van der Waals surface area contributed by atoms with Gasteiger partial charge in [0.2, 0.25) is 23.1 Å². The van der Waals surface area contributed by atoms with Crippen LogP contribution in [0.3, 0.4) is 0 Å². The summed E-state index contributed by atoms with van der Waals surface area (Å²) in [5.41, 5.74) is -0.593. The van der Waals surface area contributed by atoms with Crippen LogP contribution in [-0.4, -0.2) is 78.3 Å². The molecule has 0 radical (unpaired) electrons. The average molecular weight is 561 g/mol. The molecule has 1 saturated heterocycles. The van der Waals surface area contributed by atoms with Gasteiger partial charge in [0.25, 0.3) is 0 Å². The van der Waals surface area contributed by atoms with Gasteiger partial charge in [0, 0.05) is 74.5 Å². The van der Waals surface area contributed by atoms with E-state index in [1.54, 1.807) is 12.3 Å². The van der Waals surface area contributed by atoms with Gasteiger partial charge in [-0.2, -0.15) is 0 Å². The Morgan fingerprint density at radius 3 is 2.58 bits per heavy atom. The van der Waals surface area contributed by atoms with Gasteiger partial charge in [0.15, 0.2) is 10.9 Å². The first-order valence-corrected chi connectivity index (χ1v) is 13.5. The number of nitrogens with zero attached hydrogens (tertiary/aromatic N) is 3. The average Bonchev–Trinajstić information content (AvgIpc) is 3.45. The van der Waals surface area contributed by atoms with E-state index >= 15 is 0 Å². The second kappa shape index (κ2) is 10.2. The van der Waals surface area contributed by atoms with E-state index in [0.29, 0.717) is 17.3 Å². The van der Waals surface area contributed by atoms with Crippen LogP contribution in [0.1, 0.15) is 35.5 Å². The normalized spacial score (nSPS) is 23.2. The van der Waals surface area contributed by atoms with E-state index in [2.05, 4.69) is 20.1 Å². The van der Waals surface area contributed by atoms with E-state index in [0.717, 1.165) is 43.3 Å². The molecule has 0 saturated carbocycles. The van der Waals surface area contributed by atoms with E-state index in [1.165, 1.54) is 38.5 Å². The molecule has 1 amide bonds. The molecular weight excluding hydrogens is 532 g/mol. The molecule has 2 aliphatic heterocycles. The van der Waals surface area contributed by atoms with Crippen LogP contribution < -0.4 is 19.5 Å². The van der Waals surface area contributed by atoms with Gasteiger partial charge in [0.05, 0.1) is 14.2 Å². The van der Waals surface area contributed by atoms with E-state index in [9.17, 15) is 14.4 Å². The molecule has 12 heteroatoms. The Bertz CT molecular complexity index is 1340. The minimum atomic E-state index is -1.67. The highest BCUT2D eigenvalue weighted by Crippen LogP contribution is 2.53. The van der Waals surface area contributed by atoms with Crippen molar-refractivity contribution in [3.8, 4) is 17.2 Å². The highest BCUT2D eigenvalue weighted by atomic mass is 35.5. The lowest BCUT2D eigenvalue weighted by Gasteiger charge is -2.42. The van der Waals surface area contributed by atoms with Crippen molar-refractivity contribution < 1.29 is 28.6 Å². The molecule has 38 heavy (non-hydrogen) atoms. The lowest BCUT2D eigenvalue weighted by atomic mass is 9.74. The lowest BCUT2D eigenvalue weighted by Crippen LogP contribution is -2.56. The summed E-state index contributed by atoms with van der Waals surface area (Å²) in [4.78, 5) is 48.4. The summed E-state index contributed by atoms with van der Waals surface area (Å²) >= 11 is 7.94. The molecule has 2 unspecified atom stereocenters. The van der Waals surface area contributed by atoms with Gasteiger partial charge in [-0.25, -0.2) is 4.98 Å². The van der Waals surface area contributed by atoms with Crippen LogP contribution in [0, 0.1) is 5.92 Å². The summed E-state index contributed by atoms with van der Waals surface area (Å²) < 4.78 is 16.9. The number of rotatable bonds is 6. The number of thiazole rings is 1. The van der Waals surface area contributed by atoms with Gasteiger partial charge >= 0.3 is 0 Å². The quantitative estimate of drug-likeness (QED) is 0.531. The maximum absolute atomic E-state index is 13.7. The largest absolute Gasteiger partial charge is 0.496 e. The fourth-order valence-electron chi connectivity index (χ4n) is 5.33. The zero-order valence-electron chi connectivity index (χ0n) is 21.6. The highest BCUT2D eigenvalue weighted by Gasteiger charge is 2.60. The minimum Gasteiger partial charge on any atom is -0.496 e. The first-order valence-electron chi connectivity index (χ1n) is 12.3. The molecule has 3 aliphatic rings. The number of piperazine rings is 1. The standard InChI is InChI=1S/C26H29ClN4O6S/c1-14-9-16(31-7-5-30(6-8-31)13-17-12-28-25(38-17)29-15(2)32)10-20(33)26(14)24(34)21-18(35-3)11-19(36-4)22(27)23(21)37-26/h10-12,14H,5-9,13H2,1-4H3,(H,28,29,32). The maximum atomic E-state index is 13.7. The van der Waals surface area contributed by atoms with Gasteiger partial charge in [-0.15, -0.1) is 11.3 Å². The molecule has 2 aromatic rings. The van der Waals surface area contributed by atoms with Crippen molar-refractivity contribution in [1.29, 1.82) is 0 Å². The van der Waals surface area contributed by atoms with Gasteiger partial charge in [-0.05, 0) is 6.42 Å². The zero-order chi connectivity index (χ0) is 27.2. The molecule has 202 valence electrons. The van der Waals surface area contributed by atoms with Gasteiger partial charge < -0.3 is 24.4 Å². The number of nitrogens with one attached hydrogen (secondary N) is 1. The number of Topliss-reactive ketones (excluding diaryl/α,β-unsaturated/α-hetero) is 1. The van der Waals surface area contributed by atoms with Crippen LogP contribution >= 0.6 is 22.9 Å². The summed E-state index contributed by atoms with van der Waals surface area (Å²) in [7, 11) is 2.91. The Morgan fingerprint density at radius 2 is 1.95 bits per heavy atom. The topological polar surface area (TPSA) is 110 Å². The van der Waals surface area contributed by atoms with Gasteiger partial charge in [-0.3, -0.25) is 19.3 Å². The number of fused-ring (bicyclic) bond motifs is 1. The molecular formula is C26H29ClN4O6S. The Hall–Kier alpha value is -3.15. The lowest BCUT2D eigenvalue weighted by molar-refractivity contribution is -0.129. The molecule has 1 aliphatic carbocycles. The third kappa shape index (κ3) is 4.42. The summed E-state index contributed by atoms with van der Waals surface area (Å²) in [5.74, 6) is -0.675. The predicted molar refractivity (Wildman–Crippen MR) is 142 cm³/mol. The van der Waals surface area contributed by atoms with Crippen LogP contribution in [0.25, 0.3) is 0 Å². The van der Waals surface area contributed by atoms with Crippen molar-refractivity contribution in [2.75, 3.05) is 45.7 Å². The molecule has 1 aromatic carbocycles. The number of aromatic nitrogens is 1. The summed E-state index contributed by atoms with van der Waals surface area (Å²) in [6.45, 7) is 7.20.